The Bertz CT molecular complexity index is 680. The molecule has 0 aromatic carbocycles. The van der Waals surface area contributed by atoms with Crippen molar-refractivity contribution in [2.75, 3.05) is 39.3 Å². The summed E-state index contributed by atoms with van der Waals surface area (Å²) in [7, 11) is 0. The smallest absolute Gasteiger partial charge is 0.320 e. The molecule has 2 fully saturated rings. The van der Waals surface area contributed by atoms with Crippen LogP contribution in [0.3, 0.4) is 0 Å². The number of rotatable bonds is 3. The van der Waals surface area contributed by atoms with Crippen LogP contribution in [0.1, 0.15) is 30.3 Å². The van der Waals surface area contributed by atoms with E-state index in [0.717, 1.165) is 0 Å². The van der Waals surface area contributed by atoms with E-state index in [9.17, 15) is 19.5 Å². The first-order valence-corrected chi connectivity index (χ1v) is 9.09. The summed E-state index contributed by atoms with van der Waals surface area (Å²) in [6.07, 6.45) is 2.94. The number of piperidine rings is 1. The van der Waals surface area contributed by atoms with Gasteiger partial charge < -0.3 is 19.8 Å². The Hall–Kier alpha value is -2.58. The summed E-state index contributed by atoms with van der Waals surface area (Å²) in [6.45, 7) is 5.28. The Morgan fingerprint density at radius 1 is 1.12 bits per heavy atom. The number of urea groups is 1. The third kappa shape index (κ3) is 3.66. The highest BCUT2D eigenvalue weighted by molar-refractivity contribution is 5.92. The molecule has 1 aromatic heterocycles. The van der Waals surface area contributed by atoms with Crippen LogP contribution in [0.5, 0.6) is 0 Å². The second kappa shape index (κ2) is 7.76. The van der Waals surface area contributed by atoms with E-state index < -0.39 is 11.9 Å². The number of hydrogen-bond acceptors (Lipinski definition) is 4. The molecule has 26 heavy (non-hydrogen) atoms. The van der Waals surface area contributed by atoms with Crippen LogP contribution < -0.4 is 0 Å². The molecular weight excluding hydrogens is 338 g/mol. The average molecular weight is 363 g/mol. The van der Waals surface area contributed by atoms with Crippen LogP contribution in [-0.2, 0) is 11.3 Å². The first-order valence-electron chi connectivity index (χ1n) is 9.09. The molecule has 0 aliphatic carbocycles. The summed E-state index contributed by atoms with van der Waals surface area (Å²) in [4.78, 5) is 41.6. The lowest BCUT2D eigenvalue weighted by Crippen LogP contribution is -2.55. The lowest BCUT2D eigenvalue weighted by Gasteiger charge is -2.39. The summed E-state index contributed by atoms with van der Waals surface area (Å²) in [5.74, 6) is -1.39. The summed E-state index contributed by atoms with van der Waals surface area (Å²) in [5, 5.41) is 13.3. The first-order chi connectivity index (χ1) is 12.5. The largest absolute Gasteiger partial charge is 0.481 e. The molecule has 2 aliphatic heterocycles. The number of hydrogen-bond donors (Lipinski definition) is 1. The highest BCUT2D eigenvalue weighted by atomic mass is 16.4. The zero-order valence-corrected chi connectivity index (χ0v) is 15.0. The number of carboxylic acids is 1. The van der Waals surface area contributed by atoms with Gasteiger partial charge in [0.15, 0.2) is 0 Å². The minimum absolute atomic E-state index is 0.0691. The van der Waals surface area contributed by atoms with Gasteiger partial charge in [-0.25, -0.2) is 4.79 Å². The van der Waals surface area contributed by atoms with Crippen LogP contribution in [0.4, 0.5) is 4.79 Å². The Balaban J connectivity index is 1.55. The van der Waals surface area contributed by atoms with Crippen LogP contribution in [0.2, 0.25) is 0 Å². The lowest BCUT2D eigenvalue weighted by molar-refractivity contribution is -0.143. The van der Waals surface area contributed by atoms with Crippen molar-refractivity contribution in [3.63, 3.8) is 0 Å². The molecule has 0 bridgehead atoms. The zero-order chi connectivity index (χ0) is 18.7. The van der Waals surface area contributed by atoms with Crippen molar-refractivity contribution < 1.29 is 19.5 Å². The lowest BCUT2D eigenvalue weighted by atomic mass is 9.98. The van der Waals surface area contributed by atoms with E-state index >= 15 is 0 Å². The molecule has 0 saturated carbocycles. The first kappa shape index (κ1) is 18.2. The molecule has 3 heterocycles. The maximum Gasteiger partial charge on any atom is 0.320 e. The fourth-order valence-electron chi connectivity index (χ4n) is 3.58. The maximum atomic E-state index is 12.7. The van der Waals surface area contributed by atoms with Gasteiger partial charge in [0, 0.05) is 52.0 Å². The van der Waals surface area contributed by atoms with Gasteiger partial charge in [0.2, 0.25) is 0 Å². The second-order valence-electron chi connectivity index (χ2n) is 6.72. The molecule has 3 amide bonds. The van der Waals surface area contributed by atoms with Crippen LogP contribution in [0.15, 0.2) is 12.3 Å². The second-order valence-corrected chi connectivity index (χ2v) is 6.72. The molecule has 2 saturated heterocycles. The predicted octanol–water partition coefficient (Wildman–Crippen LogP) is 0.577. The molecule has 142 valence electrons. The van der Waals surface area contributed by atoms with Crippen molar-refractivity contribution >= 4 is 17.9 Å². The van der Waals surface area contributed by atoms with Crippen LogP contribution in [0, 0.1) is 5.92 Å². The minimum atomic E-state index is -0.842. The standard InChI is InChI=1S/C17H25N5O4/c1-2-22-14(5-6-18-22)15(23)19-8-10-20(11-9-19)17(26)21-7-3-4-13(12-21)16(24)25/h5-6,13H,2-4,7-12H2,1H3,(H,24,25). The van der Waals surface area contributed by atoms with E-state index in [-0.39, 0.29) is 18.5 Å². The molecule has 1 unspecified atom stereocenters. The Morgan fingerprint density at radius 3 is 2.46 bits per heavy atom. The Labute approximate surface area is 152 Å². The van der Waals surface area contributed by atoms with Gasteiger partial charge in [0.25, 0.3) is 5.91 Å². The monoisotopic (exact) mass is 363 g/mol. The third-order valence-electron chi connectivity index (χ3n) is 5.11. The average Bonchev–Trinajstić information content (AvgIpc) is 3.16. The molecule has 0 spiro atoms. The minimum Gasteiger partial charge on any atom is -0.481 e. The van der Waals surface area contributed by atoms with Crippen molar-refractivity contribution in [3.05, 3.63) is 18.0 Å². The number of piperazine rings is 1. The highest BCUT2D eigenvalue weighted by Crippen LogP contribution is 2.19. The van der Waals surface area contributed by atoms with Crippen molar-refractivity contribution in [2.24, 2.45) is 5.92 Å². The Kier molecular flexibility index (Phi) is 5.43. The van der Waals surface area contributed by atoms with Gasteiger partial charge in [-0.2, -0.15) is 5.10 Å². The Morgan fingerprint density at radius 2 is 1.81 bits per heavy atom. The SMILES string of the molecule is CCn1nccc1C(=O)N1CCN(C(=O)N2CCCC(C(=O)O)C2)CC1. The van der Waals surface area contributed by atoms with Crippen molar-refractivity contribution in [2.45, 2.75) is 26.3 Å². The number of carbonyl (C=O) groups excluding carboxylic acids is 2. The molecule has 3 rings (SSSR count). The van der Waals surface area contributed by atoms with E-state index in [0.29, 0.717) is 57.8 Å². The van der Waals surface area contributed by atoms with Crippen LogP contribution in [-0.4, -0.2) is 86.8 Å². The van der Waals surface area contributed by atoms with Gasteiger partial charge >= 0.3 is 12.0 Å². The zero-order valence-electron chi connectivity index (χ0n) is 15.0. The number of aryl methyl sites for hydroxylation is 1. The van der Waals surface area contributed by atoms with Gasteiger partial charge in [-0.1, -0.05) is 0 Å². The molecule has 9 heteroatoms. The molecule has 1 atom stereocenters. The topological polar surface area (TPSA) is 99.0 Å². The van der Waals surface area contributed by atoms with Crippen molar-refractivity contribution in [1.82, 2.24) is 24.5 Å². The van der Waals surface area contributed by atoms with Crippen LogP contribution in [0.25, 0.3) is 0 Å². The van der Waals surface area contributed by atoms with E-state index in [2.05, 4.69) is 5.10 Å². The summed E-state index contributed by atoms with van der Waals surface area (Å²) < 4.78 is 1.67. The molecule has 1 aromatic rings. The fourth-order valence-corrected chi connectivity index (χ4v) is 3.58. The van der Waals surface area contributed by atoms with Gasteiger partial charge in [-0.3, -0.25) is 14.3 Å². The van der Waals surface area contributed by atoms with E-state index in [4.69, 9.17) is 0 Å². The summed E-state index contributed by atoms with van der Waals surface area (Å²) in [5.41, 5.74) is 0.563. The van der Waals surface area contributed by atoms with Gasteiger partial charge in [-0.05, 0) is 25.8 Å². The number of amides is 3. The van der Waals surface area contributed by atoms with Gasteiger partial charge in [0.05, 0.1) is 5.92 Å². The summed E-state index contributed by atoms with van der Waals surface area (Å²) in [6, 6.07) is 1.59. The maximum absolute atomic E-state index is 12.7. The predicted molar refractivity (Wildman–Crippen MR) is 92.7 cm³/mol. The van der Waals surface area contributed by atoms with Gasteiger partial charge in [0.1, 0.15) is 5.69 Å². The summed E-state index contributed by atoms with van der Waals surface area (Å²) >= 11 is 0. The highest BCUT2D eigenvalue weighted by Gasteiger charge is 2.32. The van der Waals surface area contributed by atoms with Crippen molar-refractivity contribution in [3.8, 4) is 0 Å². The van der Waals surface area contributed by atoms with Crippen LogP contribution >= 0.6 is 0 Å². The number of nitrogens with zero attached hydrogens (tertiary/aromatic N) is 5. The normalized spacial score (nSPS) is 21.0. The number of carbonyl (C=O) groups is 3. The number of aliphatic carboxylic acids is 1. The molecule has 0 radical (unpaired) electrons. The molecule has 1 N–H and O–H groups in total. The van der Waals surface area contributed by atoms with E-state index in [1.807, 2.05) is 6.92 Å². The van der Waals surface area contributed by atoms with E-state index in [1.54, 1.807) is 31.6 Å². The van der Waals surface area contributed by atoms with Gasteiger partial charge in [-0.15, -0.1) is 0 Å². The van der Waals surface area contributed by atoms with E-state index in [1.165, 1.54) is 0 Å². The van der Waals surface area contributed by atoms with Crippen molar-refractivity contribution in [1.29, 1.82) is 0 Å². The third-order valence-corrected chi connectivity index (χ3v) is 5.11. The molecule has 9 nitrogen and oxygen atoms in total. The number of carboxylic acid groups (broad SMARTS) is 1. The fraction of sp³-hybridized carbons (Fsp3) is 0.647. The number of likely N-dealkylation sites (tertiary alicyclic amines) is 1. The quantitative estimate of drug-likeness (QED) is 0.847. The molecule has 2 aliphatic rings. The molecular formula is C17H25N5O4. The number of aromatic nitrogens is 2.